The zero-order valence-corrected chi connectivity index (χ0v) is 9.07. The summed E-state index contributed by atoms with van der Waals surface area (Å²) < 4.78 is 0. The Bertz CT molecular complexity index is 112. The van der Waals surface area contributed by atoms with Gasteiger partial charge in [-0.05, 0) is 24.5 Å². The van der Waals surface area contributed by atoms with Gasteiger partial charge in [0.15, 0.2) is 0 Å². The third-order valence-electron chi connectivity index (χ3n) is 1.52. The molecule has 0 aromatic rings. The molecule has 0 fully saturated rings. The molecule has 0 rings (SSSR count). The number of hydrogen-bond donors (Lipinski definition) is 1. The van der Waals surface area contributed by atoms with Gasteiger partial charge >= 0.3 is 0 Å². The predicted molar refractivity (Wildman–Crippen MR) is 59.6 cm³/mol. The van der Waals surface area contributed by atoms with Gasteiger partial charge in [-0.3, -0.25) is 0 Å². The second-order valence-electron chi connectivity index (χ2n) is 3.56. The Morgan fingerprint density at radius 1 is 1.42 bits per heavy atom. The standard InChI is InChI=1S/C10H21NS/c1-4-5-6-10(11)8-12-7-9(2)3/h4,9-10H,1,5-8,11H2,2-3H3. The number of rotatable bonds is 7. The summed E-state index contributed by atoms with van der Waals surface area (Å²) in [6, 6.07) is 0.353. The predicted octanol–water partition coefficient (Wildman–Crippen LogP) is 2.67. The second kappa shape index (κ2) is 7.69. The van der Waals surface area contributed by atoms with E-state index in [1.54, 1.807) is 0 Å². The number of allylic oxidation sites excluding steroid dienone is 1. The summed E-state index contributed by atoms with van der Waals surface area (Å²) in [4.78, 5) is 0. The molecule has 0 aliphatic carbocycles. The van der Waals surface area contributed by atoms with Crippen LogP contribution in [0.3, 0.4) is 0 Å². The molecule has 0 saturated carbocycles. The minimum absolute atomic E-state index is 0.353. The van der Waals surface area contributed by atoms with E-state index in [4.69, 9.17) is 5.73 Å². The van der Waals surface area contributed by atoms with E-state index in [1.165, 1.54) is 5.75 Å². The van der Waals surface area contributed by atoms with Crippen LogP contribution in [0.5, 0.6) is 0 Å². The Balaban J connectivity index is 3.18. The monoisotopic (exact) mass is 187 g/mol. The molecule has 0 amide bonds. The fourth-order valence-corrected chi connectivity index (χ4v) is 1.95. The Hall–Kier alpha value is 0.0500. The van der Waals surface area contributed by atoms with Crippen LogP contribution in [0.25, 0.3) is 0 Å². The lowest BCUT2D eigenvalue weighted by Crippen LogP contribution is -2.22. The molecule has 0 bridgehead atoms. The largest absolute Gasteiger partial charge is 0.327 e. The second-order valence-corrected chi connectivity index (χ2v) is 4.63. The van der Waals surface area contributed by atoms with Gasteiger partial charge in [0.2, 0.25) is 0 Å². The van der Waals surface area contributed by atoms with Crippen LogP contribution < -0.4 is 5.73 Å². The lowest BCUT2D eigenvalue weighted by Gasteiger charge is -2.10. The minimum atomic E-state index is 0.353. The van der Waals surface area contributed by atoms with Crippen LogP contribution in [0.2, 0.25) is 0 Å². The first-order valence-electron chi connectivity index (χ1n) is 4.61. The van der Waals surface area contributed by atoms with Gasteiger partial charge < -0.3 is 5.73 Å². The average molecular weight is 187 g/mol. The summed E-state index contributed by atoms with van der Waals surface area (Å²) in [5, 5.41) is 0. The fourth-order valence-electron chi connectivity index (χ4n) is 0.870. The first kappa shape index (κ1) is 12.0. The highest BCUT2D eigenvalue weighted by Gasteiger charge is 2.01. The van der Waals surface area contributed by atoms with E-state index in [-0.39, 0.29) is 0 Å². The molecule has 1 atom stereocenters. The van der Waals surface area contributed by atoms with Gasteiger partial charge in [0.25, 0.3) is 0 Å². The quantitative estimate of drug-likeness (QED) is 0.620. The average Bonchev–Trinajstić information content (AvgIpc) is 2.00. The van der Waals surface area contributed by atoms with Gasteiger partial charge in [-0.25, -0.2) is 0 Å². The number of thioether (sulfide) groups is 1. The van der Waals surface area contributed by atoms with E-state index in [1.807, 2.05) is 17.8 Å². The third kappa shape index (κ3) is 8.15. The Kier molecular flexibility index (Phi) is 7.72. The molecule has 0 radical (unpaired) electrons. The topological polar surface area (TPSA) is 26.0 Å². The molecule has 1 nitrogen and oxygen atoms in total. The highest BCUT2D eigenvalue weighted by atomic mass is 32.2. The maximum atomic E-state index is 5.88. The fraction of sp³-hybridized carbons (Fsp3) is 0.800. The van der Waals surface area contributed by atoms with Crippen LogP contribution in [0.1, 0.15) is 26.7 Å². The molecule has 1 unspecified atom stereocenters. The van der Waals surface area contributed by atoms with Crippen LogP contribution in [0.15, 0.2) is 12.7 Å². The van der Waals surface area contributed by atoms with Gasteiger partial charge in [-0.1, -0.05) is 19.9 Å². The van der Waals surface area contributed by atoms with Crippen molar-refractivity contribution in [3.8, 4) is 0 Å². The lowest BCUT2D eigenvalue weighted by atomic mass is 10.2. The molecule has 0 saturated heterocycles. The molecule has 0 heterocycles. The Morgan fingerprint density at radius 3 is 2.58 bits per heavy atom. The summed E-state index contributed by atoms with van der Waals surface area (Å²) in [7, 11) is 0. The Morgan fingerprint density at radius 2 is 2.08 bits per heavy atom. The van der Waals surface area contributed by atoms with Gasteiger partial charge in [0, 0.05) is 11.8 Å². The van der Waals surface area contributed by atoms with Crippen LogP contribution >= 0.6 is 11.8 Å². The first-order chi connectivity index (χ1) is 5.66. The zero-order chi connectivity index (χ0) is 9.40. The van der Waals surface area contributed by atoms with Crippen molar-refractivity contribution in [1.29, 1.82) is 0 Å². The molecule has 2 heteroatoms. The van der Waals surface area contributed by atoms with E-state index in [0.29, 0.717) is 6.04 Å². The summed E-state index contributed by atoms with van der Waals surface area (Å²) in [6.45, 7) is 8.16. The molecular weight excluding hydrogens is 166 g/mol. The van der Waals surface area contributed by atoms with Crippen LogP contribution in [0, 0.1) is 5.92 Å². The molecular formula is C10H21NS. The molecule has 0 aliphatic heterocycles. The SMILES string of the molecule is C=CCCC(N)CSCC(C)C. The molecule has 0 aromatic heterocycles. The molecule has 12 heavy (non-hydrogen) atoms. The van der Waals surface area contributed by atoms with E-state index in [2.05, 4.69) is 20.4 Å². The number of hydrogen-bond acceptors (Lipinski definition) is 2. The van der Waals surface area contributed by atoms with E-state index < -0.39 is 0 Å². The van der Waals surface area contributed by atoms with Crippen molar-refractivity contribution in [2.75, 3.05) is 11.5 Å². The van der Waals surface area contributed by atoms with Crippen molar-refractivity contribution in [3.05, 3.63) is 12.7 Å². The van der Waals surface area contributed by atoms with Crippen molar-refractivity contribution in [1.82, 2.24) is 0 Å². The molecule has 0 aromatic carbocycles. The van der Waals surface area contributed by atoms with E-state index in [9.17, 15) is 0 Å². The van der Waals surface area contributed by atoms with Crippen LogP contribution in [-0.2, 0) is 0 Å². The van der Waals surface area contributed by atoms with Gasteiger partial charge in [0.1, 0.15) is 0 Å². The third-order valence-corrected chi connectivity index (χ3v) is 3.09. The van der Waals surface area contributed by atoms with Crippen molar-refractivity contribution in [2.24, 2.45) is 11.7 Å². The van der Waals surface area contributed by atoms with E-state index in [0.717, 1.165) is 24.5 Å². The van der Waals surface area contributed by atoms with Crippen molar-refractivity contribution >= 4 is 11.8 Å². The smallest absolute Gasteiger partial charge is 0.0133 e. The Labute approximate surface area is 80.8 Å². The summed E-state index contributed by atoms with van der Waals surface area (Å²) in [5.74, 6) is 3.09. The zero-order valence-electron chi connectivity index (χ0n) is 8.25. The highest BCUT2D eigenvalue weighted by Crippen LogP contribution is 2.10. The summed E-state index contributed by atoms with van der Waals surface area (Å²) >= 11 is 1.96. The first-order valence-corrected chi connectivity index (χ1v) is 5.76. The van der Waals surface area contributed by atoms with Gasteiger partial charge in [-0.2, -0.15) is 11.8 Å². The van der Waals surface area contributed by atoms with E-state index >= 15 is 0 Å². The molecule has 0 spiro atoms. The van der Waals surface area contributed by atoms with Crippen molar-refractivity contribution in [2.45, 2.75) is 32.7 Å². The van der Waals surface area contributed by atoms with Gasteiger partial charge in [0.05, 0.1) is 0 Å². The van der Waals surface area contributed by atoms with Crippen molar-refractivity contribution < 1.29 is 0 Å². The summed E-state index contributed by atoms with van der Waals surface area (Å²) in [6.07, 6.45) is 4.06. The highest BCUT2D eigenvalue weighted by molar-refractivity contribution is 7.99. The molecule has 2 N–H and O–H groups in total. The van der Waals surface area contributed by atoms with Crippen LogP contribution in [0.4, 0.5) is 0 Å². The maximum absolute atomic E-state index is 5.88. The van der Waals surface area contributed by atoms with Crippen molar-refractivity contribution in [3.63, 3.8) is 0 Å². The number of nitrogens with two attached hydrogens (primary N) is 1. The summed E-state index contributed by atoms with van der Waals surface area (Å²) in [5.41, 5.74) is 5.88. The lowest BCUT2D eigenvalue weighted by molar-refractivity contribution is 0.682. The maximum Gasteiger partial charge on any atom is 0.0133 e. The van der Waals surface area contributed by atoms with Gasteiger partial charge in [-0.15, -0.1) is 6.58 Å². The minimum Gasteiger partial charge on any atom is -0.327 e. The van der Waals surface area contributed by atoms with Crippen LogP contribution in [-0.4, -0.2) is 17.5 Å². The molecule has 0 aliphatic rings. The molecule has 72 valence electrons. The normalized spacial score (nSPS) is 13.3.